The number of nitrogens with one attached hydrogen (secondary N) is 1. The highest BCUT2D eigenvalue weighted by Gasteiger charge is 2.07. The summed E-state index contributed by atoms with van der Waals surface area (Å²) in [5.74, 6) is 1.23. The lowest BCUT2D eigenvalue weighted by Gasteiger charge is -2.02. The zero-order valence-corrected chi connectivity index (χ0v) is 12.1. The van der Waals surface area contributed by atoms with Crippen molar-refractivity contribution in [2.24, 2.45) is 5.73 Å². The van der Waals surface area contributed by atoms with Crippen LogP contribution in [0.15, 0.2) is 38.7 Å². The molecule has 0 amide bonds. The Labute approximate surface area is 124 Å². The number of rotatable bonds is 6. The van der Waals surface area contributed by atoms with Crippen molar-refractivity contribution in [1.29, 1.82) is 0 Å². The van der Waals surface area contributed by atoms with Crippen LogP contribution in [0.5, 0.6) is 0 Å². The van der Waals surface area contributed by atoms with E-state index < -0.39 is 0 Å². The SMILES string of the molecule is NCc1nnc(SCCCn2c(=O)[nH]c3ccccc32)o1. The first-order valence-corrected chi connectivity index (χ1v) is 7.59. The van der Waals surface area contributed by atoms with Crippen molar-refractivity contribution in [3.05, 3.63) is 40.6 Å². The van der Waals surface area contributed by atoms with Gasteiger partial charge in [-0.05, 0) is 18.6 Å². The summed E-state index contributed by atoms with van der Waals surface area (Å²) in [6.45, 7) is 0.895. The van der Waals surface area contributed by atoms with Crippen LogP contribution in [0.4, 0.5) is 0 Å². The minimum absolute atomic E-state index is 0.0793. The molecule has 3 rings (SSSR count). The summed E-state index contributed by atoms with van der Waals surface area (Å²) >= 11 is 1.47. The average molecular weight is 305 g/mol. The molecule has 8 heteroatoms. The maximum atomic E-state index is 11.9. The molecule has 0 atom stereocenters. The molecule has 110 valence electrons. The normalized spacial score (nSPS) is 11.3. The van der Waals surface area contributed by atoms with Crippen LogP contribution < -0.4 is 11.4 Å². The first-order chi connectivity index (χ1) is 10.3. The highest BCUT2D eigenvalue weighted by Crippen LogP contribution is 2.17. The van der Waals surface area contributed by atoms with Crippen molar-refractivity contribution < 1.29 is 4.42 Å². The number of aromatic amines is 1. The molecule has 0 aliphatic carbocycles. The molecule has 2 heterocycles. The lowest BCUT2D eigenvalue weighted by molar-refractivity contribution is 0.414. The van der Waals surface area contributed by atoms with Crippen LogP contribution in [-0.2, 0) is 13.1 Å². The number of thioether (sulfide) groups is 1. The molecule has 0 aliphatic heterocycles. The third-order valence-electron chi connectivity index (χ3n) is 3.06. The number of para-hydroxylation sites is 2. The van der Waals surface area contributed by atoms with Crippen molar-refractivity contribution in [3.63, 3.8) is 0 Å². The Hall–Kier alpha value is -2.06. The average Bonchev–Trinajstić information content (AvgIpc) is 3.08. The molecule has 0 saturated carbocycles. The van der Waals surface area contributed by atoms with E-state index in [1.807, 2.05) is 24.3 Å². The number of aryl methyl sites for hydroxylation is 1. The van der Waals surface area contributed by atoms with Crippen molar-refractivity contribution in [2.45, 2.75) is 24.7 Å². The van der Waals surface area contributed by atoms with E-state index in [1.54, 1.807) is 4.57 Å². The second-order valence-corrected chi connectivity index (χ2v) is 5.51. The monoisotopic (exact) mass is 305 g/mol. The van der Waals surface area contributed by atoms with E-state index in [4.69, 9.17) is 10.2 Å². The van der Waals surface area contributed by atoms with Crippen LogP contribution in [0.25, 0.3) is 11.0 Å². The van der Waals surface area contributed by atoms with Crippen LogP contribution >= 0.6 is 11.8 Å². The Bertz CT molecular complexity index is 791. The number of aromatic nitrogens is 4. The van der Waals surface area contributed by atoms with Gasteiger partial charge in [-0.15, -0.1) is 10.2 Å². The molecule has 7 nitrogen and oxygen atoms in total. The summed E-state index contributed by atoms with van der Waals surface area (Å²) in [4.78, 5) is 14.7. The fourth-order valence-electron chi connectivity index (χ4n) is 2.09. The number of imidazole rings is 1. The lowest BCUT2D eigenvalue weighted by atomic mass is 10.3. The molecule has 0 spiro atoms. The Kier molecular flexibility index (Phi) is 4.07. The lowest BCUT2D eigenvalue weighted by Crippen LogP contribution is -2.17. The second-order valence-electron chi connectivity index (χ2n) is 4.47. The largest absolute Gasteiger partial charge is 0.415 e. The van der Waals surface area contributed by atoms with E-state index in [9.17, 15) is 4.79 Å². The van der Waals surface area contributed by atoms with Gasteiger partial charge in [-0.3, -0.25) is 4.57 Å². The van der Waals surface area contributed by atoms with Gasteiger partial charge in [-0.1, -0.05) is 23.9 Å². The number of H-pyrrole nitrogens is 1. The molecular formula is C13H15N5O2S. The van der Waals surface area contributed by atoms with Gasteiger partial charge in [0.25, 0.3) is 5.22 Å². The molecule has 21 heavy (non-hydrogen) atoms. The Balaban J connectivity index is 1.59. The van der Waals surface area contributed by atoms with E-state index in [0.29, 0.717) is 17.7 Å². The Morgan fingerprint density at radius 1 is 1.33 bits per heavy atom. The van der Waals surface area contributed by atoms with Gasteiger partial charge in [-0.2, -0.15) is 0 Å². The molecule has 0 aliphatic rings. The summed E-state index contributed by atoms with van der Waals surface area (Å²) in [5.41, 5.74) is 7.11. The first-order valence-electron chi connectivity index (χ1n) is 6.60. The fraction of sp³-hybridized carbons (Fsp3) is 0.308. The zero-order chi connectivity index (χ0) is 14.7. The fourth-order valence-corrected chi connectivity index (χ4v) is 2.79. The van der Waals surface area contributed by atoms with Gasteiger partial charge in [0.1, 0.15) is 0 Å². The van der Waals surface area contributed by atoms with Crippen LogP contribution in [0.2, 0.25) is 0 Å². The third-order valence-corrected chi connectivity index (χ3v) is 3.96. The van der Waals surface area contributed by atoms with Crippen molar-refractivity contribution in [3.8, 4) is 0 Å². The van der Waals surface area contributed by atoms with Crippen LogP contribution in [0.3, 0.4) is 0 Å². The van der Waals surface area contributed by atoms with Crippen LogP contribution in [0, 0.1) is 0 Å². The van der Waals surface area contributed by atoms with E-state index >= 15 is 0 Å². The predicted octanol–water partition coefficient (Wildman–Crippen LogP) is 1.35. The third kappa shape index (κ3) is 3.01. The summed E-state index contributed by atoms with van der Waals surface area (Å²) < 4.78 is 7.05. The Morgan fingerprint density at radius 2 is 2.19 bits per heavy atom. The molecule has 0 bridgehead atoms. The number of nitrogens with zero attached hydrogens (tertiary/aromatic N) is 3. The number of nitrogens with two attached hydrogens (primary N) is 1. The molecule has 0 fully saturated rings. The zero-order valence-electron chi connectivity index (χ0n) is 11.3. The highest BCUT2D eigenvalue weighted by molar-refractivity contribution is 7.99. The smallest absolute Gasteiger partial charge is 0.326 e. The molecule has 0 unspecified atom stereocenters. The van der Waals surface area contributed by atoms with Crippen LogP contribution in [0.1, 0.15) is 12.3 Å². The molecule has 1 aromatic carbocycles. The van der Waals surface area contributed by atoms with Gasteiger partial charge in [0.15, 0.2) is 0 Å². The second kappa shape index (κ2) is 6.15. The van der Waals surface area contributed by atoms with Crippen molar-refractivity contribution >= 4 is 22.8 Å². The number of hydrogen-bond donors (Lipinski definition) is 2. The maximum absolute atomic E-state index is 11.9. The van der Waals surface area contributed by atoms with Crippen LogP contribution in [-0.4, -0.2) is 25.5 Å². The Morgan fingerprint density at radius 3 is 3.00 bits per heavy atom. The van der Waals surface area contributed by atoms with E-state index in [-0.39, 0.29) is 12.2 Å². The quantitative estimate of drug-likeness (QED) is 0.526. The minimum Gasteiger partial charge on any atom is -0.415 e. The van der Waals surface area contributed by atoms with Gasteiger partial charge < -0.3 is 15.1 Å². The number of benzene rings is 1. The predicted molar refractivity (Wildman–Crippen MR) is 80.1 cm³/mol. The van der Waals surface area contributed by atoms with Gasteiger partial charge in [-0.25, -0.2) is 4.79 Å². The number of hydrogen-bond acceptors (Lipinski definition) is 6. The summed E-state index contributed by atoms with van der Waals surface area (Å²) in [6.07, 6.45) is 0.826. The van der Waals surface area contributed by atoms with Crippen molar-refractivity contribution in [2.75, 3.05) is 5.75 Å². The number of fused-ring (bicyclic) bond motifs is 1. The molecule has 0 saturated heterocycles. The molecule has 3 N–H and O–H groups in total. The van der Waals surface area contributed by atoms with E-state index in [2.05, 4.69) is 15.2 Å². The summed E-state index contributed by atoms with van der Waals surface area (Å²) in [5, 5.41) is 8.19. The van der Waals surface area contributed by atoms with E-state index in [1.165, 1.54) is 11.8 Å². The van der Waals surface area contributed by atoms with Gasteiger partial charge in [0, 0.05) is 12.3 Å². The molecule has 0 radical (unpaired) electrons. The van der Waals surface area contributed by atoms with Crippen molar-refractivity contribution in [1.82, 2.24) is 19.7 Å². The summed E-state index contributed by atoms with van der Waals surface area (Å²) in [6, 6.07) is 7.66. The van der Waals surface area contributed by atoms with Gasteiger partial charge in [0.2, 0.25) is 5.89 Å². The highest BCUT2D eigenvalue weighted by atomic mass is 32.2. The molecular weight excluding hydrogens is 290 g/mol. The molecule has 3 aromatic rings. The standard InChI is InChI=1S/C13H15N5O2S/c14-8-11-16-17-13(20-11)21-7-3-6-18-10-5-2-1-4-9(10)15-12(18)19/h1-2,4-5H,3,6-8,14H2,(H,15,19). The van der Waals surface area contributed by atoms with Gasteiger partial charge >= 0.3 is 5.69 Å². The van der Waals surface area contributed by atoms with Gasteiger partial charge in [0.05, 0.1) is 17.6 Å². The van der Waals surface area contributed by atoms with E-state index in [0.717, 1.165) is 23.2 Å². The summed E-state index contributed by atoms with van der Waals surface area (Å²) in [7, 11) is 0. The molecule has 2 aromatic heterocycles. The minimum atomic E-state index is -0.0793. The maximum Gasteiger partial charge on any atom is 0.326 e. The topological polar surface area (TPSA) is 103 Å². The first kappa shape index (κ1) is 13.9.